The number of halogens is 3. The topological polar surface area (TPSA) is 79.4 Å². The molecule has 7 heteroatoms. The summed E-state index contributed by atoms with van der Waals surface area (Å²) < 4.78 is 43.2. The Hall–Kier alpha value is -2.07. The molecule has 0 spiro atoms. The number of carbonyl (C=O) groups is 1. The molecule has 1 aliphatic heterocycles. The standard InChI is InChI=1S/C12H9F3N2O2/c13-12(14,15)9-3-7(1-2-8(9)5-16)4-11(6-19-11)10(17)18/h1-3H,4,6H2,(H2,17,18). The van der Waals surface area contributed by atoms with Crippen LogP contribution in [0.15, 0.2) is 18.2 Å². The van der Waals surface area contributed by atoms with E-state index in [1.54, 1.807) is 0 Å². The molecule has 0 saturated carbocycles. The summed E-state index contributed by atoms with van der Waals surface area (Å²) in [5.41, 5.74) is 2.70. The van der Waals surface area contributed by atoms with E-state index in [0.29, 0.717) is 0 Å². The predicted molar refractivity (Wildman–Crippen MR) is 57.7 cm³/mol. The van der Waals surface area contributed by atoms with E-state index < -0.39 is 28.8 Å². The number of epoxide rings is 1. The van der Waals surface area contributed by atoms with E-state index in [1.807, 2.05) is 0 Å². The van der Waals surface area contributed by atoms with Crippen molar-refractivity contribution in [3.63, 3.8) is 0 Å². The number of nitrogens with zero attached hydrogens (tertiary/aromatic N) is 1. The molecule has 0 radical (unpaired) electrons. The van der Waals surface area contributed by atoms with Gasteiger partial charge in [0.1, 0.15) is 0 Å². The molecule has 0 bridgehead atoms. The number of alkyl halides is 3. The zero-order chi connectivity index (χ0) is 14.3. The molecular formula is C12H9F3N2O2. The van der Waals surface area contributed by atoms with Gasteiger partial charge in [-0.3, -0.25) is 4.79 Å². The average Bonchev–Trinajstić information content (AvgIpc) is 3.09. The number of benzene rings is 1. The Balaban J connectivity index is 2.35. The van der Waals surface area contributed by atoms with Gasteiger partial charge in [-0.2, -0.15) is 18.4 Å². The van der Waals surface area contributed by atoms with Crippen LogP contribution in [0, 0.1) is 11.3 Å². The number of hydrogen-bond donors (Lipinski definition) is 1. The van der Waals surface area contributed by atoms with Crippen molar-refractivity contribution < 1.29 is 22.7 Å². The molecule has 1 aromatic carbocycles. The lowest BCUT2D eigenvalue weighted by molar-refractivity contribution is -0.137. The first-order valence-electron chi connectivity index (χ1n) is 5.32. The SMILES string of the molecule is N#Cc1ccc(CC2(C(N)=O)CO2)cc1C(F)(F)F. The van der Waals surface area contributed by atoms with Crippen LogP contribution in [-0.4, -0.2) is 18.1 Å². The normalized spacial score (nSPS) is 21.8. The van der Waals surface area contributed by atoms with Gasteiger partial charge in [0.05, 0.1) is 23.8 Å². The number of nitriles is 1. The van der Waals surface area contributed by atoms with Crippen LogP contribution in [0.3, 0.4) is 0 Å². The summed E-state index contributed by atoms with van der Waals surface area (Å²) in [6, 6.07) is 4.78. The first kappa shape index (κ1) is 13.4. The fourth-order valence-corrected chi connectivity index (χ4v) is 1.78. The van der Waals surface area contributed by atoms with Crippen LogP contribution in [0.2, 0.25) is 0 Å². The van der Waals surface area contributed by atoms with E-state index in [0.717, 1.165) is 12.1 Å². The lowest BCUT2D eigenvalue weighted by atomic mass is 9.96. The lowest BCUT2D eigenvalue weighted by Crippen LogP contribution is -2.34. The first-order chi connectivity index (χ1) is 8.78. The van der Waals surface area contributed by atoms with E-state index in [-0.39, 0.29) is 18.6 Å². The summed E-state index contributed by atoms with van der Waals surface area (Å²) in [4.78, 5) is 11.1. The number of hydrogen-bond acceptors (Lipinski definition) is 3. The molecule has 1 heterocycles. The Morgan fingerprint density at radius 2 is 2.16 bits per heavy atom. The Bertz CT molecular complexity index is 571. The van der Waals surface area contributed by atoms with Crippen LogP contribution in [0.4, 0.5) is 13.2 Å². The molecule has 0 aliphatic carbocycles. The molecular weight excluding hydrogens is 261 g/mol. The molecule has 1 atom stereocenters. The minimum atomic E-state index is -4.62. The van der Waals surface area contributed by atoms with Crippen molar-refractivity contribution in [3.05, 3.63) is 34.9 Å². The molecule has 2 N–H and O–H groups in total. The van der Waals surface area contributed by atoms with Crippen LogP contribution < -0.4 is 5.73 Å². The molecule has 0 aromatic heterocycles. The molecule has 1 saturated heterocycles. The van der Waals surface area contributed by atoms with Crippen LogP contribution >= 0.6 is 0 Å². The Labute approximate surface area is 106 Å². The molecule has 4 nitrogen and oxygen atoms in total. The van der Waals surface area contributed by atoms with Crippen molar-refractivity contribution in [2.75, 3.05) is 6.61 Å². The maximum absolute atomic E-state index is 12.7. The van der Waals surface area contributed by atoms with Gasteiger partial charge in [-0.15, -0.1) is 0 Å². The average molecular weight is 270 g/mol. The number of rotatable bonds is 3. The van der Waals surface area contributed by atoms with Crippen molar-refractivity contribution in [1.29, 1.82) is 5.26 Å². The molecule has 1 amide bonds. The third kappa shape index (κ3) is 2.53. The second-order valence-electron chi connectivity index (χ2n) is 4.31. The zero-order valence-corrected chi connectivity index (χ0v) is 9.62. The summed E-state index contributed by atoms with van der Waals surface area (Å²) in [7, 11) is 0. The van der Waals surface area contributed by atoms with Gasteiger partial charge >= 0.3 is 6.18 Å². The zero-order valence-electron chi connectivity index (χ0n) is 9.62. The van der Waals surface area contributed by atoms with Gasteiger partial charge in [-0.1, -0.05) is 6.07 Å². The van der Waals surface area contributed by atoms with Crippen LogP contribution in [0.1, 0.15) is 16.7 Å². The molecule has 1 aromatic rings. The molecule has 19 heavy (non-hydrogen) atoms. The van der Waals surface area contributed by atoms with Gasteiger partial charge in [0.25, 0.3) is 5.91 Å². The maximum atomic E-state index is 12.7. The van der Waals surface area contributed by atoms with Gasteiger partial charge < -0.3 is 10.5 Å². The van der Waals surface area contributed by atoms with E-state index in [9.17, 15) is 18.0 Å². The minimum absolute atomic E-state index is 0.0306. The van der Waals surface area contributed by atoms with Gasteiger partial charge in [0.2, 0.25) is 0 Å². The number of nitrogens with two attached hydrogens (primary N) is 1. The summed E-state index contributed by atoms with van der Waals surface area (Å²) in [5, 5.41) is 8.66. The van der Waals surface area contributed by atoms with Gasteiger partial charge in [0.15, 0.2) is 5.60 Å². The summed E-state index contributed by atoms with van der Waals surface area (Å²) in [5.74, 6) is -0.703. The van der Waals surface area contributed by atoms with E-state index >= 15 is 0 Å². The maximum Gasteiger partial charge on any atom is 0.417 e. The molecule has 100 valence electrons. The summed E-state index contributed by atoms with van der Waals surface area (Å²) in [6.45, 7) is 0.101. The third-order valence-corrected chi connectivity index (χ3v) is 2.94. The second kappa shape index (κ2) is 4.24. The highest BCUT2D eigenvalue weighted by molar-refractivity contribution is 5.86. The quantitative estimate of drug-likeness (QED) is 0.842. The number of primary amides is 1. The Morgan fingerprint density at radius 3 is 2.58 bits per heavy atom. The smallest absolute Gasteiger partial charge is 0.367 e. The van der Waals surface area contributed by atoms with Crippen LogP contribution in [0.5, 0.6) is 0 Å². The second-order valence-corrected chi connectivity index (χ2v) is 4.31. The van der Waals surface area contributed by atoms with Crippen molar-refractivity contribution >= 4 is 5.91 Å². The van der Waals surface area contributed by atoms with Crippen molar-refractivity contribution in [3.8, 4) is 6.07 Å². The summed E-state index contributed by atoms with van der Waals surface area (Å²) in [6.07, 6.45) is -4.65. The number of amides is 1. The van der Waals surface area contributed by atoms with Crippen LogP contribution in [-0.2, 0) is 22.1 Å². The number of ether oxygens (including phenoxy) is 1. The van der Waals surface area contributed by atoms with E-state index in [1.165, 1.54) is 12.1 Å². The Morgan fingerprint density at radius 1 is 1.53 bits per heavy atom. The molecule has 1 unspecified atom stereocenters. The van der Waals surface area contributed by atoms with Gasteiger partial charge in [0, 0.05) is 6.42 Å². The first-order valence-corrected chi connectivity index (χ1v) is 5.32. The fourth-order valence-electron chi connectivity index (χ4n) is 1.78. The Kier molecular flexibility index (Phi) is 2.98. The fraction of sp³-hybridized carbons (Fsp3) is 0.333. The highest BCUT2D eigenvalue weighted by atomic mass is 19.4. The van der Waals surface area contributed by atoms with Crippen molar-refractivity contribution in [1.82, 2.24) is 0 Å². The monoisotopic (exact) mass is 270 g/mol. The molecule has 1 fully saturated rings. The van der Waals surface area contributed by atoms with E-state index in [4.69, 9.17) is 15.7 Å². The van der Waals surface area contributed by atoms with Crippen molar-refractivity contribution in [2.24, 2.45) is 5.73 Å². The van der Waals surface area contributed by atoms with Gasteiger partial charge in [-0.05, 0) is 17.7 Å². The predicted octanol–water partition coefficient (Wildman–Crippen LogP) is 1.37. The van der Waals surface area contributed by atoms with Crippen LogP contribution in [0.25, 0.3) is 0 Å². The summed E-state index contributed by atoms with van der Waals surface area (Å²) >= 11 is 0. The highest BCUT2D eigenvalue weighted by Crippen LogP contribution is 2.35. The number of carbonyl (C=O) groups excluding carboxylic acids is 1. The third-order valence-electron chi connectivity index (χ3n) is 2.94. The highest BCUT2D eigenvalue weighted by Gasteiger charge is 2.51. The van der Waals surface area contributed by atoms with Gasteiger partial charge in [-0.25, -0.2) is 0 Å². The molecule has 2 rings (SSSR count). The minimum Gasteiger partial charge on any atom is -0.367 e. The molecule has 1 aliphatic rings. The lowest BCUT2D eigenvalue weighted by Gasteiger charge is -2.12. The largest absolute Gasteiger partial charge is 0.417 e. The van der Waals surface area contributed by atoms with Crippen molar-refractivity contribution in [2.45, 2.75) is 18.2 Å². The van der Waals surface area contributed by atoms with E-state index in [2.05, 4.69) is 0 Å².